The average Bonchev–Trinajstić information content (AvgIpc) is 2.68. The lowest BCUT2D eigenvalue weighted by molar-refractivity contribution is 0.248. The molecule has 2 heterocycles. The quantitative estimate of drug-likeness (QED) is 0.444. The molecule has 7 nitrogen and oxygen atoms in total. The van der Waals surface area contributed by atoms with Gasteiger partial charge in [-0.2, -0.15) is 4.98 Å². The van der Waals surface area contributed by atoms with Crippen LogP contribution in [0.5, 0.6) is 5.75 Å². The Labute approximate surface area is 168 Å². The Morgan fingerprint density at radius 1 is 1.07 bits per heavy atom. The molecule has 8 heteroatoms. The molecule has 0 aliphatic carbocycles. The van der Waals surface area contributed by atoms with Crippen LogP contribution >= 0.6 is 11.6 Å². The summed E-state index contributed by atoms with van der Waals surface area (Å²) >= 11 is 6.20. The molecule has 2 aromatic heterocycles. The average molecular weight is 400 g/mol. The van der Waals surface area contributed by atoms with E-state index in [2.05, 4.69) is 25.6 Å². The molecule has 0 aliphatic rings. The van der Waals surface area contributed by atoms with Crippen LogP contribution < -0.4 is 10.6 Å². The standard InChI is InChI=1S/C20H22ClN5O2/c1-12(2)18(11-27)25-20-24-17(16-5-3-4-8-22-16)10-19(26-20)23-15-7-6-13(28)9-14(15)21/h3-10,12,18,27-28H,11H2,1-2H3,(H2,23,24,25,26)/t18-/m0/s1. The van der Waals surface area contributed by atoms with Crippen molar-refractivity contribution in [1.82, 2.24) is 15.0 Å². The van der Waals surface area contributed by atoms with Crippen molar-refractivity contribution < 1.29 is 10.2 Å². The fraction of sp³-hybridized carbons (Fsp3) is 0.250. The zero-order valence-corrected chi connectivity index (χ0v) is 16.4. The smallest absolute Gasteiger partial charge is 0.225 e. The monoisotopic (exact) mass is 399 g/mol. The largest absolute Gasteiger partial charge is 0.508 e. The highest BCUT2D eigenvalue weighted by Crippen LogP contribution is 2.29. The Hall–Kier alpha value is -2.90. The normalized spacial score (nSPS) is 12.0. The number of phenolic OH excluding ortho intramolecular Hbond substituents is 1. The molecule has 1 aromatic carbocycles. The van der Waals surface area contributed by atoms with Gasteiger partial charge in [-0.1, -0.05) is 31.5 Å². The van der Waals surface area contributed by atoms with Crippen molar-refractivity contribution in [3.05, 3.63) is 53.7 Å². The molecule has 3 rings (SSSR count). The molecule has 0 saturated carbocycles. The maximum Gasteiger partial charge on any atom is 0.225 e. The van der Waals surface area contributed by atoms with Crippen LogP contribution in [0.3, 0.4) is 0 Å². The first-order valence-corrected chi connectivity index (χ1v) is 9.27. The van der Waals surface area contributed by atoms with Crippen molar-refractivity contribution in [2.75, 3.05) is 17.2 Å². The molecular weight excluding hydrogens is 378 g/mol. The number of aromatic nitrogens is 3. The van der Waals surface area contributed by atoms with E-state index in [0.717, 1.165) is 0 Å². The number of pyridine rings is 1. The van der Waals surface area contributed by atoms with Gasteiger partial charge in [-0.05, 0) is 30.2 Å². The van der Waals surface area contributed by atoms with Gasteiger partial charge in [0.1, 0.15) is 11.6 Å². The maximum absolute atomic E-state index is 9.62. The third-order valence-electron chi connectivity index (χ3n) is 4.18. The zero-order valence-electron chi connectivity index (χ0n) is 15.6. The molecule has 0 saturated heterocycles. The number of nitrogens with one attached hydrogen (secondary N) is 2. The topological polar surface area (TPSA) is 103 Å². The Bertz CT molecular complexity index is 937. The van der Waals surface area contributed by atoms with Crippen molar-refractivity contribution in [2.45, 2.75) is 19.9 Å². The van der Waals surface area contributed by atoms with Gasteiger partial charge < -0.3 is 20.8 Å². The molecule has 0 unspecified atom stereocenters. The minimum atomic E-state index is -0.191. The van der Waals surface area contributed by atoms with Gasteiger partial charge in [0.15, 0.2) is 0 Å². The van der Waals surface area contributed by atoms with Crippen molar-refractivity contribution in [1.29, 1.82) is 0 Å². The summed E-state index contributed by atoms with van der Waals surface area (Å²) in [4.78, 5) is 13.4. The van der Waals surface area contributed by atoms with Gasteiger partial charge in [-0.15, -0.1) is 0 Å². The van der Waals surface area contributed by atoms with E-state index in [9.17, 15) is 10.2 Å². The van der Waals surface area contributed by atoms with Crippen LogP contribution in [0.2, 0.25) is 5.02 Å². The summed E-state index contributed by atoms with van der Waals surface area (Å²) in [6, 6.07) is 11.8. The number of aliphatic hydroxyl groups is 1. The van der Waals surface area contributed by atoms with E-state index in [-0.39, 0.29) is 24.3 Å². The highest BCUT2D eigenvalue weighted by atomic mass is 35.5. The Morgan fingerprint density at radius 3 is 2.54 bits per heavy atom. The summed E-state index contributed by atoms with van der Waals surface area (Å²) in [6.45, 7) is 3.97. The SMILES string of the molecule is CC(C)[C@H](CO)Nc1nc(Nc2ccc(O)cc2Cl)cc(-c2ccccn2)n1. The Kier molecular flexibility index (Phi) is 6.28. The van der Waals surface area contributed by atoms with Gasteiger partial charge in [0.05, 0.1) is 34.7 Å². The fourth-order valence-corrected chi connectivity index (χ4v) is 2.78. The first-order chi connectivity index (χ1) is 13.5. The molecule has 0 amide bonds. The van der Waals surface area contributed by atoms with Gasteiger partial charge in [0.25, 0.3) is 0 Å². The van der Waals surface area contributed by atoms with Crippen LogP contribution in [0.1, 0.15) is 13.8 Å². The molecule has 3 aromatic rings. The first kappa shape index (κ1) is 19.9. The number of hydrogen-bond acceptors (Lipinski definition) is 7. The number of anilines is 3. The van der Waals surface area contributed by atoms with E-state index in [1.54, 1.807) is 18.3 Å². The van der Waals surface area contributed by atoms with E-state index < -0.39 is 0 Å². The number of rotatable bonds is 7. The second kappa shape index (κ2) is 8.86. The van der Waals surface area contributed by atoms with E-state index >= 15 is 0 Å². The third-order valence-corrected chi connectivity index (χ3v) is 4.50. The number of benzene rings is 1. The number of aliphatic hydroxyl groups excluding tert-OH is 1. The first-order valence-electron chi connectivity index (χ1n) is 8.89. The van der Waals surface area contributed by atoms with E-state index in [0.29, 0.717) is 33.9 Å². The second-order valence-electron chi connectivity index (χ2n) is 6.64. The number of phenols is 1. The van der Waals surface area contributed by atoms with E-state index in [1.807, 2.05) is 32.0 Å². The molecule has 4 N–H and O–H groups in total. The number of aromatic hydroxyl groups is 1. The summed E-state index contributed by atoms with van der Waals surface area (Å²) in [5.74, 6) is 1.15. The number of nitrogens with zero attached hydrogens (tertiary/aromatic N) is 3. The maximum atomic E-state index is 9.62. The second-order valence-corrected chi connectivity index (χ2v) is 7.05. The molecule has 146 valence electrons. The summed E-state index contributed by atoms with van der Waals surface area (Å²) in [7, 11) is 0. The van der Waals surface area contributed by atoms with Gasteiger partial charge in [-0.3, -0.25) is 4.98 Å². The predicted molar refractivity (Wildman–Crippen MR) is 111 cm³/mol. The van der Waals surface area contributed by atoms with Crippen molar-refractivity contribution in [3.8, 4) is 17.1 Å². The minimum absolute atomic E-state index is 0.0403. The molecule has 0 fully saturated rings. The Balaban J connectivity index is 1.99. The molecule has 0 aliphatic heterocycles. The van der Waals surface area contributed by atoms with Crippen LogP contribution in [-0.4, -0.2) is 37.8 Å². The lowest BCUT2D eigenvalue weighted by Gasteiger charge is -2.20. The highest BCUT2D eigenvalue weighted by Gasteiger charge is 2.16. The summed E-state index contributed by atoms with van der Waals surface area (Å²) in [5.41, 5.74) is 1.91. The van der Waals surface area contributed by atoms with Crippen LogP contribution in [0, 0.1) is 5.92 Å². The Morgan fingerprint density at radius 2 is 1.89 bits per heavy atom. The predicted octanol–water partition coefficient (Wildman–Crippen LogP) is 4.07. The number of hydrogen-bond donors (Lipinski definition) is 4. The van der Waals surface area contributed by atoms with E-state index in [4.69, 9.17) is 11.6 Å². The fourth-order valence-electron chi connectivity index (χ4n) is 2.55. The molecular formula is C20H22ClN5O2. The number of halogens is 1. The van der Waals surface area contributed by atoms with Crippen LogP contribution in [0.25, 0.3) is 11.4 Å². The minimum Gasteiger partial charge on any atom is -0.508 e. The molecule has 0 spiro atoms. The molecule has 28 heavy (non-hydrogen) atoms. The van der Waals surface area contributed by atoms with Gasteiger partial charge in [0.2, 0.25) is 5.95 Å². The van der Waals surface area contributed by atoms with Gasteiger partial charge in [0, 0.05) is 18.3 Å². The highest BCUT2D eigenvalue weighted by molar-refractivity contribution is 6.33. The molecule has 0 bridgehead atoms. The summed E-state index contributed by atoms with van der Waals surface area (Å²) in [5, 5.41) is 25.8. The van der Waals surface area contributed by atoms with Gasteiger partial charge >= 0.3 is 0 Å². The molecule has 1 atom stereocenters. The summed E-state index contributed by atoms with van der Waals surface area (Å²) < 4.78 is 0. The van der Waals surface area contributed by atoms with Gasteiger partial charge in [-0.25, -0.2) is 4.98 Å². The third kappa shape index (κ3) is 4.88. The van der Waals surface area contributed by atoms with Crippen molar-refractivity contribution in [3.63, 3.8) is 0 Å². The summed E-state index contributed by atoms with van der Waals surface area (Å²) in [6.07, 6.45) is 1.69. The zero-order chi connectivity index (χ0) is 20.1. The van der Waals surface area contributed by atoms with Crippen molar-refractivity contribution >= 4 is 29.1 Å². The van der Waals surface area contributed by atoms with Crippen molar-refractivity contribution in [2.24, 2.45) is 5.92 Å². The molecule has 0 radical (unpaired) electrons. The van der Waals surface area contributed by atoms with E-state index in [1.165, 1.54) is 12.1 Å². The van der Waals surface area contributed by atoms with Crippen LogP contribution in [-0.2, 0) is 0 Å². The van der Waals surface area contributed by atoms with Crippen LogP contribution in [0.4, 0.5) is 17.5 Å². The lowest BCUT2D eigenvalue weighted by Crippen LogP contribution is -2.30. The lowest BCUT2D eigenvalue weighted by atomic mass is 10.1. The van der Waals surface area contributed by atoms with Crippen LogP contribution in [0.15, 0.2) is 48.7 Å².